The average Bonchev–Trinajstić information content (AvgIpc) is 3.22. The maximum Gasteiger partial charge on any atom is 0.463 e. The highest BCUT2D eigenvalue weighted by molar-refractivity contribution is 7.42. The van der Waals surface area contributed by atoms with Crippen LogP contribution in [0.5, 0.6) is 11.5 Å². The number of hydrogen-bond acceptors (Lipinski definition) is 3. The summed E-state index contributed by atoms with van der Waals surface area (Å²) < 4.78 is 22.3. The molecule has 1 saturated carbocycles. The molecule has 66 heavy (non-hydrogen) atoms. The van der Waals surface area contributed by atoms with E-state index in [1.54, 1.807) is 0 Å². The van der Waals surface area contributed by atoms with E-state index in [0.29, 0.717) is 35.5 Å². The molecule has 0 aromatic heterocycles. The van der Waals surface area contributed by atoms with Crippen LogP contribution in [-0.4, -0.2) is 6.10 Å². The van der Waals surface area contributed by atoms with Crippen LogP contribution in [0.15, 0.2) is 48.5 Å². The predicted octanol–water partition coefficient (Wildman–Crippen LogP) is 19.6. The molecule has 0 bridgehead atoms. The van der Waals surface area contributed by atoms with Gasteiger partial charge in [-0.25, -0.2) is 0 Å². The van der Waals surface area contributed by atoms with Gasteiger partial charge < -0.3 is 9.05 Å². The van der Waals surface area contributed by atoms with E-state index < -0.39 is 8.60 Å². The topological polar surface area (TPSA) is 27.7 Å². The van der Waals surface area contributed by atoms with Crippen molar-refractivity contribution in [2.45, 2.75) is 237 Å². The summed E-state index contributed by atoms with van der Waals surface area (Å²) in [4.78, 5) is 0. The fourth-order valence-electron chi connectivity index (χ4n) is 9.18. The number of hydrogen-bond donors (Lipinski definition) is 0. The Morgan fingerprint density at radius 3 is 0.985 bits per heavy atom. The van der Waals surface area contributed by atoms with E-state index in [2.05, 4.69) is 215 Å². The minimum absolute atomic E-state index is 0.00662. The first-order chi connectivity index (χ1) is 30.2. The Kier molecular flexibility index (Phi) is 16.2. The average molecular weight is 921 g/mol. The van der Waals surface area contributed by atoms with Gasteiger partial charge in [-0.1, -0.05) is 210 Å². The van der Waals surface area contributed by atoms with Gasteiger partial charge in [-0.05, 0) is 149 Å². The molecule has 4 aromatic carbocycles. The molecule has 0 unspecified atom stereocenters. The molecule has 1 aliphatic rings. The summed E-state index contributed by atoms with van der Waals surface area (Å²) in [6.45, 7) is 57.1. The summed E-state index contributed by atoms with van der Waals surface area (Å²) in [6, 6.07) is 19.7. The molecule has 4 heteroatoms. The van der Waals surface area contributed by atoms with E-state index in [-0.39, 0.29) is 38.6 Å². The van der Waals surface area contributed by atoms with Crippen molar-refractivity contribution in [1.29, 1.82) is 0 Å². The zero-order chi connectivity index (χ0) is 49.9. The Labute approximate surface area is 407 Å². The van der Waals surface area contributed by atoms with Crippen molar-refractivity contribution in [3.8, 4) is 11.5 Å². The summed E-state index contributed by atoms with van der Waals surface area (Å²) in [5.74, 6) is 4.31. The summed E-state index contributed by atoms with van der Waals surface area (Å²) >= 11 is 0. The van der Waals surface area contributed by atoms with E-state index in [4.69, 9.17) is 13.6 Å². The lowest BCUT2D eigenvalue weighted by Gasteiger charge is -2.37. The first kappa shape index (κ1) is 54.3. The Morgan fingerprint density at radius 2 is 0.682 bits per heavy atom. The van der Waals surface area contributed by atoms with Crippen LogP contribution in [0.4, 0.5) is 0 Å². The molecule has 0 spiro atoms. The molecular weight excluding hydrogens is 824 g/mol. The van der Waals surface area contributed by atoms with Crippen molar-refractivity contribution in [3.05, 3.63) is 81.9 Å². The van der Waals surface area contributed by atoms with Crippen molar-refractivity contribution in [2.24, 2.45) is 35.5 Å². The standard InChI is InChI=1S/C62H97O3P/c1-38(2)57(13,14)46-30-44-32-53(61(21,22)42(9)10)55(36-49(44)51(34-46)59(17,18)40(5)6)64-66(63-48-28-26-25-27-29-48)65-56-37-50-45(33-54(56)62(23,24)43(11)12)31-47(58(15,16)39(3)4)35-52(50)60(19,20)41(7)8/h30-43,48H,25-29H2,1-24H3. The van der Waals surface area contributed by atoms with Crippen LogP contribution in [-0.2, 0) is 37.0 Å². The van der Waals surface area contributed by atoms with Gasteiger partial charge in [0.15, 0.2) is 0 Å². The lowest BCUT2D eigenvalue weighted by molar-refractivity contribution is 0.137. The molecule has 368 valence electrons. The lowest BCUT2D eigenvalue weighted by Crippen LogP contribution is -2.29. The van der Waals surface area contributed by atoms with Gasteiger partial charge >= 0.3 is 8.60 Å². The first-order valence-electron chi connectivity index (χ1n) is 26.3. The zero-order valence-corrected chi connectivity index (χ0v) is 47.8. The Hall–Kier alpha value is -2.61. The van der Waals surface area contributed by atoms with Gasteiger partial charge in [-0.2, -0.15) is 0 Å². The van der Waals surface area contributed by atoms with Crippen LogP contribution < -0.4 is 9.05 Å². The molecule has 5 rings (SSSR count). The second kappa shape index (κ2) is 19.6. The van der Waals surface area contributed by atoms with E-state index in [1.165, 1.54) is 74.2 Å². The maximum absolute atomic E-state index is 7.55. The number of benzene rings is 4. The maximum atomic E-state index is 7.55. The first-order valence-corrected chi connectivity index (χ1v) is 27.4. The van der Waals surface area contributed by atoms with E-state index in [9.17, 15) is 0 Å². The molecule has 3 nitrogen and oxygen atoms in total. The van der Waals surface area contributed by atoms with Crippen LogP contribution in [0.2, 0.25) is 0 Å². The Morgan fingerprint density at radius 1 is 0.379 bits per heavy atom. The third-order valence-corrected chi connectivity index (χ3v) is 20.3. The monoisotopic (exact) mass is 921 g/mol. The normalized spacial score (nSPS) is 15.6. The minimum atomic E-state index is -1.88. The van der Waals surface area contributed by atoms with Gasteiger partial charge in [0, 0.05) is 11.1 Å². The third kappa shape index (κ3) is 10.6. The second-order valence-electron chi connectivity index (χ2n) is 26.2. The van der Waals surface area contributed by atoms with Crippen molar-refractivity contribution < 1.29 is 13.6 Å². The van der Waals surface area contributed by atoms with Gasteiger partial charge in [0.05, 0.1) is 6.10 Å². The van der Waals surface area contributed by atoms with Crippen molar-refractivity contribution in [1.82, 2.24) is 0 Å². The van der Waals surface area contributed by atoms with Crippen LogP contribution in [0, 0.1) is 35.5 Å². The quantitative estimate of drug-likeness (QED) is 0.0931. The lowest BCUT2D eigenvalue weighted by atomic mass is 9.68. The van der Waals surface area contributed by atoms with Crippen LogP contribution in [0.3, 0.4) is 0 Å². The van der Waals surface area contributed by atoms with Crippen molar-refractivity contribution >= 4 is 30.1 Å². The van der Waals surface area contributed by atoms with Crippen LogP contribution >= 0.6 is 8.60 Å². The van der Waals surface area contributed by atoms with E-state index in [1.807, 2.05) is 0 Å². The van der Waals surface area contributed by atoms with Gasteiger partial charge in [0.2, 0.25) is 0 Å². The number of fused-ring (bicyclic) bond motifs is 2. The van der Waals surface area contributed by atoms with Crippen molar-refractivity contribution in [3.63, 3.8) is 0 Å². The molecule has 1 fully saturated rings. The van der Waals surface area contributed by atoms with Gasteiger partial charge in [-0.3, -0.25) is 4.52 Å². The molecule has 0 atom stereocenters. The van der Waals surface area contributed by atoms with E-state index in [0.717, 1.165) is 24.3 Å². The summed E-state index contributed by atoms with van der Waals surface area (Å²) in [5, 5.41) is 5.09. The number of rotatable bonds is 18. The molecule has 0 saturated heterocycles. The molecule has 4 aromatic rings. The Balaban J connectivity index is 1.86. The predicted molar refractivity (Wildman–Crippen MR) is 291 cm³/mol. The second-order valence-corrected chi connectivity index (χ2v) is 27.2. The SMILES string of the molecule is CC(C)C(C)(C)c1cc(C(C)(C)C(C)C)c2cc(OP(Oc3cc4c(C(C)(C)C(C)C)cc(C(C)(C)C(C)C)cc4cc3C(C)(C)C(C)C)OC3CCCCC3)c(C(C)(C)C(C)C)cc2c1. The Bertz CT molecular complexity index is 2150. The zero-order valence-electron chi connectivity index (χ0n) is 46.9. The van der Waals surface area contributed by atoms with Gasteiger partial charge in [0.1, 0.15) is 11.5 Å². The van der Waals surface area contributed by atoms with Gasteiger partial charge in [0.25, 0.3) is 0 Å². The highest BCUT2D eigenvalue weighted by atomic mass is 31.2. The molecular formula is C62H97O3P. The fraction of sp³-hybridized carbons (Fsp3) is 0.677. The smallest absolute Gasteiger partial charge is 0.417 e. The highest BCUT2D eigenvalue weighted by Gasteiger charge is 2.39. The summed E-state index contributed by atoms with van der Waals surface area (Å²) in [5.41, 5.74) is 7.45. The molecule has 1 aliphatic carbocycles. The molecule has 0 radical (unpaired) electrons. The summed E-state index contributed by atoms with van der Waals surface area (Å²) in [7, 11) is -1.88. The molecule has 0 aliphatic heterocycles. The van der Waals surface area contributed by atoms with Crippen LogP contribution in [0.25, 0.3) is 21.5 Å². The molecule has 0 amide bonds. The minimum Gasteiger partial charge on any atom is -0.417 e. The third-order valence-electron chi connectivity index (χ3n) is 19.2. The molecule has 0 heterocycles. The van der Waals surface area contributed by atoms with E-state index >= 15 is 0 Å². The van der Waals surface area contributed by atoms with Crippen LogP contribution in [0.1, 0.15) is 232 Å². The largest absolute Gasteiger partial charge is 0.463 e. The molecule has 0 N–H and O–H groups in total. The van der Waals surface area contributed by atoms with Crippen molar-refractivity contribution in [2.75, 3.05) is 0 Å². The fourth-order valence-corrected chi connectivity index (χ4v) is 10.4. The highest BCUT2D eigenvalue weighted by Crippen LogP contribution is 2.54. The van der Waals surface area contributed by atoms with Gasteiger partial charge in [-0.15, -0.1) is 0 Å². The summed E-state index contributed by atoms with van der Waals surface area (Å²) in [6.07, 6.45) is 5.73.